The van der Waals surface area contributed by atoms with E-state index in [9.17, 15) is 12.8 Å². The van der Waals surface area contributed by atoms with E-state index < -0.39 is 10.0 Å². The van der Waals surface area contributed by atoms with Crippen molar-refractivity contribution in [3.05, 3.63) is 54.5 Å². The van der Waals surface area contributed by atoms with E-state index >= 15 is 0 Å². The SMILES string of the molecule is CN=CN=CCCCNS(=O)(=O)c1ccc(-c2c[nH]c3cc(F)ccc23)cc1. The van der Waals surface area contributed by atoms with E-state index in [0.717, 1.165) is 16.5 Å². The van der Waals surface area contributed by atoms with Crippen molar-refractivity contribution in [1.29, 1.82) is 0 Å². The topological polar surface area (TPSA) is 86.7 Å². The second-order valence-electron chi connectivity index (χ2n) is 6.16. The number of aliphatic imine (C=N–C) groups is 2. The minimum atomic E-state index is -3.57. The molecule has 3 aromatic rings. The molecule has 2 aromatic carbocycles. The van der Waals surface area contributed by atoms with Gasteiger partial charge in [0.25, 0.3) is 0 Å². The van der Waals surface area contributed by atoms with Crippen LogP contribution in [0, 0.1) is 5.82 Å². The Morgan fingerprint density at radius 1 is 1.18 bits per heavy atom. The average Bonchev–Trinajstić information content (AvgIpc) is 3.10. The van der Waals surface area contributed by atoms with Gasteiger partial charge >= 0.3 is 0 Å². The van der Waals surface area contributed by atoms with Crippen molar-refractivity contribution in [2.45, 2.75) is 17.7 Å². The molecule has 0 aliphatic heterocycles. The largest absolute Gasteiger partial charge is 0.360 e. The summed E-state index contributed by atoms with van der Waals surface area (Å²) in [6, 6.07) is 11.2. The number of hydrogen-bond donors (Lipinski definition) is 2. The lowest BCUT2D eigenvalue weighted by molar-refractivity contribution is 0.580. The molecule has 0 fully saturated rings. The van der Waals surface area contributed by atoms with Gasteiger partial charge in [-0.2, -0.15) is 0 Å². The van der Waals surface area contributed by atoms with Crippen LogP contribution in [0.3, 0.4) is 0 Å². The summed E-state index contributed by atoms with van der Waals surface area (Å²) in [5.74, 6) is -0.307. The van der Waals surface area contributed by atoms with Crippen LogP contribution in [0.1, 0.15) is 12.8 Å². The van der Waals surface area contributed by atoms with Crippen molar-refractivity contribution in [2.24, 2.45) is 9.98 Å². The minimum absolute atomic E-state index is 0.203. The summed E-state index contributed by atoms with van der Waals surface area (Å²) in [7, 11) is -1.94. The maximum absolute atomic E-state index is 13.3. The Hall–Kier alpha value is -2.84. The van der Waals surface area contributed by atoms with Gasteiger partial charge in [-0.1, -0.05) is 12.1 Å². The normalized spacial score (nSPS) is 12.5. The van der Waals surface area contributed by atoms with Crippen LogP contribution in [0.2, 0.25) is 0 Å². The van der Waals surface area contributed by atoms with E-state index in [2.05, 4.69) is 19.7 Å². The molecular weight excluding hydrogens is 379 g/mol. The molecule has 0 aliphatic carbocycles. The first kappa shape index (κ1) is 19.9. The lowest BCUT2D eigenvalue weighted by atomic mass is 10.1. The summed E-state index contributed by atoms with van der Waals surface area (Å²) >= 11 is 0. The number of aromatic nitrogens is 1. The quantitative estimate of drug-likeness (QED) is 0.343. The second-order valence-corrected chi connectivity index (χ2v) is 7.93. The number of aromatic amines is 1. The van der Waals surface area contributed by atoms with Crippen LogP contribution >= 0.6 is 0 Å². The standard InChI is InChI=1S/C20H21FN4O2S/c1-22-14-23-10-2-3-11-25-28(26,27)17-7-4-15(5-8-17)19-13-24-20-12-16(21)6-9-18(19)20/h4-10,12-14,24-25H,2-3,11H2,1H3. The number of rotatable bonds is 8. The fourth-order valence-electron chi connectivity index (χ4n) is 2.82. The highest BCUT2D eigenvalue weighted by Crippen LogP contribution is 2.29. The van der Waals surface area contributed by atoms with E-state index in [1.54, 1.807) is 49.8 Å². The monoisotopic (exact) mass is 400 g/mol. The fourth-order valence-corrected chi connectivity index (χ4v) is 3.90. The van der Waals surface area contributed by atoms with Crippen LogP contribution < -0.4 is 4.72 Å². The third-order valence-electron chi connectivity index (χ3n) is 4.21. The Morgan fingerprint density at radius 3 is 2.71 bits per heavy atom. The first-order valence-electron chi connectivity index (χ1n) is 8.80. The number of nitrogens with one attached hydrogen (secondary N) is 2. The van der Waals surface area contributed by atoms with E-state index in [1.165, 1.54) is 18.5 Å². The molecule has 28 heavy (non-hydrogen) atoms. The summed E-state index contributed by atoms with van der Waals surface area (Å²) in [6.45, 7) is 0.327. The molecular formula is C20H21FN4O2S. The predicted octanol–water partition coefficient (Wildman–Crippen LogP) is 3.76. The number of H-pyrrole nitrogens is 1. The van der Waals surface area contributed by atoms with Gasteiger partial charge in [-0.05, 0) is 48.7 Å². The third-order valence-corrected chi connectivity index (χ3v) is 5.69. The molecule has 0 amide bonds. The maximum Gasteiger partial charge on any atom is 0.240 e. The van der Waals surface area contributed by atoms with Gasteiger partial charge in [0.05, 0.1) is 4.90 Å². The summed E-state index contributed by atoms with van der Waals surface area (Å²) < 4.78 is 40.7. The first-order chi connectivity index (χ1) is 13.5. The van der Waals surface area contributed by atoms with Crippen molar-refractivity contribution in [3.8, 4) is 11.1 Å². The summed E-state index contributed by atoms with van der Waals surface area (Å²) in [6.07, 6.45) is 6.23. The molecule has 0 saturated carbocycles. The molecule has 3 rings (SSSR count). The van der Waals surface area contributed by atoms with E-state index in [0.29, 0.717) is 24.9 Å². The molecule has 6 nitrogen and oxygen atoms in total. The number of hydrogen-bond acceptors (Lipinski definition) is 3. The number of benzene rings is 2. The van der Waals surface area contributed by atoms with Gasteiger partial charge in [-0.15, -0.1) is 0 Å². The molecule has 0 unspecified atom stereocenters. The molecule has 0 radical (unpaired) electrons. The van der Waals surface area contributed by atoms with Crippen LogP contribution in [0.5, 0.6) is 0 Å². The maximum atomic E-state index is 13.3. The molecule has 0 aliphatic rings. The van der Waals surface area contributed by atoms with Gasteiger partial charge in [-0.3, -0.25) is 4.99 Å². The van der Waals surface area contributed by atoms with Crippen LogP contribution in [-0.4, -0.2) is 39.5 Å². The zero-order chi connectivity index (χ0) is 20.0. The van der Waals surface area contributed by atoms with Crippen molar-refractivity contribution >= 4 is 33.5 Å². The number of fused-ring (bicyclic) bond motifs is 1. The average molecular weight is 400 g/mol. The zero-order valence-corrected chi connectivity index (χ0v) is 16.2. The molecule has 1 aromatic heterocycles. The molecule has 0 saturated heterocycles. The van der Waals surface area contributed by atoms with E-state index in [4.69, 9.17) is 0 Å². The smallest absolute Gasteiger partial charge is 0.240 e. The van der Waals surface area contributed by atoms with Gasteiger partial charge in [0.1, 0.15) is 12.2 Å². The van der Waals surface area contributed by atoms with Crippen molar-refractivity contribution in [2.75, 3.05) is 13.6 Å². The van der Waals surface area contributed by atoms with Crippen molar-refractivity contribution in [1.82, 2.24) is 9.71 Å². The fraction of sp³-hybridized carbons (Fsp3) is 0.200. The Morgan fingerprint density at radius 2 is 1.96 bits per heavy atom. The van der Waals surface area contributed by atoms with Crippen LogP contribution in [0.25, 0.3) is 22.0 Å². The molecule has 0 atom stereocenters. The molecule has 0 spiro atoms. The van der Waals surface area contributed by atoms with Crippen LogP contribution in [0.4, 0.5) is 4.39 Å². The highest BCUT2D eigenvalue weighted by atomic mass is 32.2. The zero-order valence-electron chi connectivity index (χ0n) is 15.4. The second kappa shape index (κ2) is 8.90. The van der Waals surface area contributed by atoms with Gasteiger partial charge < -0.3 is 4.98 Å². The summed E-state index contributed by atoms with van der Waals surface area (Å²) in [5.41, 5.74) is 2.44. The summed E-state index contributed by atoms with van der Waals surface area (Å²) in [5, 5.41) is 0.880. The Labute approximate surface area is 163 Å². The van der Waals surface area contributed by atoms with Crippen LogP contribution in [0.15, 0.2) is 63.5 Å². The van der Waals surface area contributed by atoms with E-state index in [-0.39, 0.29) is 10.7 Å². The number of unbranched alkanes of at least 4 members (excludes halogenated alkanes) is 1. The van der Waals surface area contributed by atoms with E-state index in [1.807, 2.05) is 0 Å². The molecule has 8 heteroatoms. The Bertz CT molecular complexity index is 1100. The highest BCUT2D eigenvalue weighted by molar-refractivity contribution is 7.89. The minimum Gasteiger partial charge on any atom is -0.360 e. The lowest BCUT2D eigenvalue weighted by Gasteiger charge is -2.07. The lowest BCUT2D eigenvalue weighted by Crippen LogP contribution is -2.24. The van der Waals surface area contributed by atoms with Crippen molar-refractivity contribution in [3.63, 3.8) is 0 Å². The Balaban J connectivity index is 1.67. The molecule has 146 valence electrons. The molecule has 2 N–H and O–H groups in total. The first-order valence-corrected chi connectivity index (χ1v) is 10.3. The van der Waals surface area contributed by atoms with Crippen LogP contribution in [-0.2, 0) is 10.0 Å². The number of sulfonamides is 1. The highest BCUT2D eigenvalue weighted by Gasteiger charge is 2.14. The van der Waals surface area contributed by atoms with Gasteiger partial charge in [0.15, 0.2) is 0 Å². The number of nitrogens with zero attached hydrogens (tertiary/aromatic N) is 2. The third kappa shape index (κ3) is 4.71. The molecule has 1 heterocycles. The Kier molecular flexibility index (Phi) is 6.33. The molecule has 0 bridgehead atoms. The van der Waals surface area contributed by atoms with Gasteiger partial charge in [-0.25, -0.2) is 22.5 Å². The summed E-state index contributed by atoms with van der Waals surface area (Å²) in [4.78, 5) is 10.9. The predicted molar refractivity (Wildman–Crippen MR) is 111 cm³/mol. The van der Waals surface area contributed by atoms with Gasteiger partial charge in [0, 0.05) is 42.5 Å². The van der Waals surface area contributed by atoms with Crippen molar-refractivity contribution < 1.29 is 12.8 Å². The van der Waals surface area contributed by atoms with Gasteiger partial charge in [0.2, 0.25) is 10.0 Å². The number of halogens is 1.